The summed E-state index contributed by atoms with van der Waals surface area (Å²) in [6.45, 7) is 5.45. The molecule has 0 amide bonds. The third-order valence-corrected chi connectivity index (χ3v) is 2.79. The van der Waals surface area contributed by atoms with E-state index in [1.54, 1.807) is 23.4 Å². The Kier molecular flexibility index (Phi) is 4.90. The summed E-state index contributed by atoms with van der Waals surface area (Å²) in [5.74, 6) is 0. The largest absolute Gasteiger partial charge is 0.385 e. The van der Waals surface area contributed by atoms with Crippen LogP contribution in [0.15, 0.2) is 9.95 Å². The molecule has 0 saturated heterocycles. The average molecular weight is 231 g/mol. The zero-order valence-electron chi connectivity index (χ0n) is 9.32. The van der Waals surface area contributed by atoms with Gasteiger partial charge in [-0.3, -0.25) is 4.57 Å². The molecule has 1 rings (SSSR count). The maximum Gasteiger partial charge on any atom is 0.343 e. The summed E-state index contributed by atoms with van der Waals surface area (Å²) in [6.07, 6.45) is 0.821. The molecule has 0 fully saturated rings. The number of hydrogen-bond donors (Lipinski definition) is 1. The summed E-state index contributed by atoms with van der Waals surface area (Å²) >= 11 is 1.58. The number of ether oxygens (including phenoxy) is 1. The number of aromatic nitrogens is 3. The lowest BCUT2D eigenvalue weighted by atomic mass is 10.4. The number of nitrogens with zero attached hydrogens (tertiary/aromatic N) is 2. The van der Waals surface area contributed by atoms with Crippen LogP contribution in [0.3, 0.4) is 0 Å². The number of H-pyrrole nitrogens is 1. The van der Waals surface area contributed by atoms with Crippen molar-refractivity contribution in [2.45, 2.75) is 37.2 Å². The van der Waals surface area contributed by atoms with E-state index >= 15 is 0 Å². The van der Waals surface area contributed by atoms with Crippen molar-refractivity contribution >= 4 is 11.8 Å². The Labute approximate surface area is 93.2 Å². The molecule has 15 heavy (non-hydrogen) atoms. The number of aromatic amines is 1. The molecule has 0 spiro atoms. The lowest BCUT2D eigenvalue weighted by Crippen LogP contribution is -2.18. The van der Waals surface area contributed by atoms with Crippen molar-refractivity contribution in [1.29, 1.82) is 0 Å². The van der Waals surface area contributed by atoms with Crippen LogP contribution in [-0.4, -0.2) is 33.7 Å². The summed E-state index contributed by atoms with van der Waals surface area (Å²) in [5.41, 5.74) is -0.144. The van der Waals surface area contributed by atoms with Crippen molar-refractivity contribution in [2.75, 3.05) is 13.7 Å². The van der Waals surface area contributed by atoms with E-state index in [9.17, 15) is 4.79 Å². The first kappa shape index (κ1) is 12.3. The first-order valence-corrected chi connectivity index (χ1v) is 5.84. The third-order valence-electron chi connectivity index (χ3n) is 1.79. The van der Waals surface area contributed by atoms with Gasteiger partial charge in [-0.05, 0) is 6.42 Å². The minimum Gasteiger partial charge on any atom is -0.385 e. The standard InChI is InChI=1S/C9H17N3O2S/c1-7(2)15-9-11-10-8(13)12(9)5-4-6-14-3/h7H,4-6H2,1-3H3,(H,10,13). The fraction of sp³-hybridized carbons (Fsp3) is 0.778. The molecule has 1 aromatic rings. The Morgan fingerprint density at radius 3 is 2.93 bits per heavy atom. The van der Waals surface area contributed by atoms with Crippen LogP contribution in [0.2, 0.25) is 0 Å². The summed E-state index contributed by atoms with van der Waals surface area (Å²) in [6, 6.07) is 0. The van der Waals surface area contributed by atoms with Gasteiger partial charge in [0.05, 0.1) is 0 Å². The highest BCUT2D eigenvalue weighted by Crippen LogP contribution is 2.18. The normalized spacial score (nSPS) is 11.2. The van der Waals surface area contributed by atoms with Crippen LogP contribution in [0.1, 0.15) is 20.3 Å². The monoisotopic (exact) mass is 231 g/mol. The number of rotatable bonds is 6. The second-order valence-electron chi connectivity index (χ2n) is 3.48. The molecular weight excluding hydrogens is 214 g/mol. The maximum absolute atomic E-state index is 11.4. The van der Waals surface area contributed by atoms with Gasteiger partial charge in [0.15, 0.2) is 5.16 Å². The van der Waals surface area contributed by atoms with E-state index in [4.69, 9.17) is 4.74 Å². The van der Waals surface area contributed by atoms with Crippen molar-refractivity contribution in [1.82, 2.24) is 14.8 Å². The Morgan fingerprint density at radius 1 is 1.60 bits per heavy atom. The fourth-order valence-corrected chi connectivity index (χ4v) is 1.99. The van der Waals surface area contributed by atoms with Gasteiger partial charge in [-0.15, -0.1) is 5.10 Å². The van der Waals surface area contributed by atoms with E-state index in [0.717, 1.165) is 11.6 Å². The number of hydrogen-bond acceptors (Lipinski definition) is 4. The predicted molar refractivity (Wildman–Crippen MR) is 60.3 cm³/mol. The molecule has 0 aliphatic rings. The van der Waals surface area contributed by atoms with Crippen LogP contribution < -0.4 is 5.69 Å². The molecule has 0 aromatic carbocycles. The van der Waals surface area contributed by atoms with E-state index in [0.29, 0.717) is 18.4 Å². The molecule has 1 aromatic heterocycles. The number of thioether (sulfide) groups is 1. The Balaban J connectivity index is 2.66. The van der Waals surface area contributed by atoms with Crippen molar-refractivity contribution in [3.05, 3.63) is 10.5 Å². The van der Waals surface area contributed by atoms with Crippen molar-refractivity contribution < 1.29 is 4.74 Å². The van der Waals surface area contributed by atoms with Crippen LogP contribution in [0.25, 0.3) is 0 Å². The maximum atomic E-state index is 11.4. The second-order valence-corrected chi connectivity index (χ2v) is 5.02. The summed E-state index contributed by atoms with van der Waals surface area (Å²) in [5, 5.41) is 7.62. The highest BCUT2D eigenvalue weighted by atomic mass is 32.2. The molecule has 0 aliphatic heterocycles. The molecule has 0 radical (unpaired) electrons. The van der Waals surface area contributed by atoms with Crippen LogP contribution in [0.5, 0.6) is 0 Å². The number of methoxy groups -OCH3 is 1. The topological polar surface area (TPSA) is 59.9 Å². The molecule has 5 nitrogen and oxygen atoms in total. The van der Waals surface area contributed by atoms with E-state index in [1.807, 2.05) is 0 Å². The van der Waals surface area contributed by atoms with Gasteiger partial charge in [-0.1, -0.05) is 25.6 Å². The van der Waals surface area contributed by atoms with E-state index in [1.165, 1.54) is 0 Å². The van der Waals surface area contributed by atoms with Gasteiger partial charge in [-0.25, -0.2) is 9.89 Å². The Hall–Kier alpha value is -0.750. The van der Waals surface area contributed by atoms with E-state index in [-0.39, 0.29) is 5.69 Å². The summed E-state index contributed by atoms with van der Waals surface area (Å²) in [7, 11) is 1.65. The number of nitrogens with one attached hydrogen (secondary N) is 1. The quantitative estimate of drug-likeness (QED) is 0.588. The van der Waals surface area contributed by atoms with E-state index in [2.05, 4.69) is 24.0 Å². The first-order valence-electron chi connectivity index (χ1n) is 4.96. The smallest absolute Gasteiger partial charge is 0.343 e. The van der Waals surface area contributed by atoms with Gasteiger partial charge in [0.2, 0.25) is 0 Å². The first-order chi connectivity index (χ1) is 7.15. The zero-order chi connectivity index (χ0) is 11.3. The SMILES string of the molecule is COCCCn1c(SC(C)C)n[nH]c1=O. The molecule has 6 heteroatoms. The second kappa shape index (κ2) is 5.97. The molecule has 0 bridgehead atoms. The van der Waals surface area contributed by atoms with Crippen LogP contribution in [-0.2, 0) is 11.3 Å². The summed E-state index contributed by atoms with van der Waals surface area (Å²) < 4.78 is 6.60. The minimum absolute atomic E-state index is 0.144. The molecule has 0 atom stereocenters. The summed E-state index contributed by atoms with van der Waals surface area (Å²) in [4.78, 5) is 11.4. The van der Waals surface area contributed by atoms with Crippen molar-refractivity contribution in [3.8, 4) is 0 Å². The fourth-order valence-electron chi connectivity index (χ4n) is 1.17. The van der Waals surface area contributed by atoms with Gasteiger partial charge in [0, 0.05) is 25.5 Å². The van der Waals surface area contributed by atoms with Gasteiger partial charge in [0.25, 0.3) is 0 Å². The highest BCUT2D eigenvalue weighted by molar-refractivity contribution is 7.99. The van der Waals surface area contributed by atoms with Crippen LogP contribution >= 0.6 is 11.8 Å². The lowest BCUT2D eigenvalue weighted by Gasteiger charge is -2.06. The van der Waals surface area contributed by atoms with E-state index < -0.39 is 0 Å². The zero-order valence-corrected chi connectivity index (χ0v) is 10.1. The Bertz CT molecular complexity index is 345. The minimum atomic E-state index is -0.144. The molecule has 1 N–H and O–H groups in total. The van der Waals surface area contributed by atoms with Gasteiger partial charge >= 0.3 is 5.69 Å². The molecule has 0 unspecified atom stereocenters. The van der Waals surface area contributed by atoms with Crippen molar-refractivity contribution in [2.24, 2.45) is 0 Å². The highest BCUT2D eigenvalue weighted by Gasteiger charge is 2.09. The molecule has 1 heterocycles. The predicted octanol–water partition coefficient (Wildman–Crippen LogP) is 1.11. The van der Waals surface area contributed by atoms with Crippen LogP contribution in [0.4, 0.5) is 0 Å². The molecule has 0 aliphatic carbocycles. The Morgan fingerprint density at radius 2 is 2.33 bits per heavy atom. The van der Waals surface area contributed by atoms with Crippen molar-refractivity contribution in [3.63, 3.8) is 0 Å². The third kappa shape index (κ3) is 3.71. The molecule has 86 valence electrons. The molecular formula is C9H17N3O2S. The van der Waals surface area contributed by atoms with Gasteiger partial charge < -0.3 is 4.74 Å². The average Bonchev–Trinajstić information content (AvgIpc) is 2.49. The van der Waals surface area contributed by atoms with Crippen LogP contribution in [0, 0.1) is 0 Å². The van der Waals surface area contributed by atoms with Gasteiger partial charge in [-0.2, -0.15) is 0 Å². The van der Waals surface area contributed by atoms with Gasteiger partial charge in [0.1, 0.15) is 0 Å². The molecule has 0 saturated carbocycles. The lowest BCUT2D eigenvalue weighted by molar-refractivity contribution is 0.189.